The minimum absolute atomic E-state index is 0.0295. The minimum atomic E-state index is 0.0295. The standard InChI is InChI=1S/C17H25NO/c1-3-4-5-6-8-11-15(2)18-17(14-19)16-12-9-7-10-13-16/h1,7,9-10,12-13,15,17-19H,4-6,8,11,14H2,2H3/t15-,17+/m1/s1. The average molecular weight is 259 g/mol. The Balaban J connectivity index is 2.30. The lowest BCUT2D eigenvalue weighted by Crippen LogP contribution is -2.32. The van der Waals surface area contributed by atoms with E-state index in [1.807, 2.05) is 30.3 Å². The van der Waals surface area contributed by atoms with Crippen LogP contribution in [0.4, 0.5) is 0 Å². The summed E-state index contributed by atoms with van der Waals surface area (Å²) in [6.45, 7) is 2.30. The molecule has 0 amide bonds. The zero-order chi connectivity index (χ0) is 13.9. The van der Waals surface area contributed by atoms with Crippen LogP contribution in [0.3, 0.4) is 0 Å². The number of nitrogens with one attached hydrogen (secondary N) is 1. The minimum Gasteiger partial charge on any atom is -0.394 e. The maximum absolute atomic E-state index is 9.49. The van der Waals surface area contributed by atoms with Gasteiger partial charge in [-0.1, -0.05) is 43.2 Å². The topological polar surface area (TPSA) is 32.3 Å². The number of aliphatic hydroxyl groups is 1. The molecule has 1 aromatic rings. The molecule has 19 heavy (non-hydrogen) atoms. The SMILES string of the molecule is C#CCCCCC[C@@H](C)N[C@@H](CO)c1ccccc1. The second kappa shape index (κ2) is 9.61. The van der Waals surface area contributed by atoms with Crippen LogP contribution in [0, 0.1) is 12.3 Å². The molecule has 0 spiro atoms. The molecule has 2 nitrogen and oxygen atoms in total. The highest BCUT2D eigenvalue weighted by Gasteiger charge is 2.12. The summed E-state index contributed by atoms with van der Waals surface area (Å²) in [5.41, 5.74) is 1.14. The lowest BCUT2D eigenvalue weighted by atomic mass is 10.0. The molecule has 1 aromatic carbocycles. The highest BCUT2D eigenvalue weighted by atomic mass is 16.3. The molecule has 2 atom stereocenters. The number of unbranched alkanes of at least 4 members (excludes halogenated alkanes) is 3. The Morgan fingerprint density at radius 1 is 1.21 bits per heavy atom. The smallest absolute Gasteiger partial charge is 0.0626 e. The Morgan fingerprint density at radius 2 is 1.95 bits per heavy atom. The van der Waals surface area contributed by atoms with Gasteiger partial charge in [0.15, 0.2) is 0 Å². The van der Waals surface area contributed by atoms with Crippen molar-refractivity contribution in [3.05, 3.63) is 35.9 Å². The summed E-state index contributed by atoms with van der Waals surface area (Å²) in [5, 5.41) is 13.0. The zero-order valence-electron chi connectivity index (χ0n) is 11.8. The van der Waals surface area contributed by atoms with Crippen molar-refractivity contribution >= 4 is 0 Å². The van der Waals surface area contributed by atoms with Gasteiger partial charge in [-0.2, -0.15) is 0 Å². The van der Waals surface area contributed by atoms with Gasteiger partial charge < -0.3 is 10.4 Å². The van der Waals surface area contributed by atoms with E-state index in [1.165, 1.54) is 12.8 Å². The lowest BCUT2D eigenvalue weighted by Gasteiger charge is -2.22. The molecule has 0 aliphatic heterocycles. The van der Waals surface area contributed by atoms with E-state index in [-0.39, 0.29) is 12.6 Å². The van der Waals surface area contributed by atoms with E-state index in [0.717, 1.165) is 24.8 Å². The second-order valence-electron chi connectivity index (χ2n) is 5.02. The first-order valence-corrected chi connectivity index (χ1v) is 7.13. The number of terminal acetylenes is 1. The maximum Gasteiger partial charge on any atom is 0.0626 e. The third-order valence-corrected chi connectivity index (χ3v) is 3.33. The van der Waals surface area contributed by atoms with E-state index in [9.17, 15) is 5.11 Å². The molecule has 0 unspecified atom stereocenters. The summed E-state index contributed by atoms with van der Waals surface area (Å²) in [6.07, 6.45) is 10.7. The number of rotatable bonds is 9. The highest BCUT2D eigenvalue weighted by Crippen LogP contribution is 2.14. The average Bonchev–Trinajstić information content (AvgIpc) is 2.45. The summed E-state index contributed by atoms with van der Waals surface area (Å²) in [5.74, 6) is 2.67. The van der Waals surface area contributed by atoms with Crippen molar-refractivity contribution in [3.8, 4) is 12.3 Å². The summed E-state index contributed by atoms with van der Waals surface area (Å²) in [7, 11) is 0. The first-order chi connectivity index (χ1) is 9.27. The number of hydrogen-bond donors (Lipinski definition) is 2. The van der Waals surface area contributed by atoms with E-state index in [1.54, 1.807) is 0 Å². The van der Waals surface area contributed by atoms with E-state index in [4.69, 9.17) is 6.42 Å². The maximum atomic E-state index is 9.49. The Kier molecular flexibility index (Phi) is 7.97. The van der Waals surface area contributed by atoms with Gasteiger partial charge in [0, 0.05) is 12.5 Å². The molecule has 0 radical (unpaired) electrons. The van der Waals surface area contributed by atoms with Crippen molar-refractivity contribution in [2.75, 3.05) is 6.61 Å². The van der Waals surface area contributed by atoms with Crippen molar-refractivity contribution in [2.24, 2.45) is 0 Å². The zero-order valence-corrected chi connectivity index (χ0v) is 11.8. The molecule has 0 bridgehead atoms. The van der Waals surface area contributed by atoms with Gasteiger partial charge in [0.25, 0.3) is 0 Å². The van der Waals surface area contributed by atoms with Gasteiger partial charge in [0.05, 0.1) is 12.6 Å². The van der Waals surface area contributed by atoms with Crippen molar-refractivity contribution in [1.29, 1.82) is 0 Å². The molecule has 0 aliphatic rings. The Hall–Kier alpha value is -1.30. The predicted octanol–water partition coefficient (Wildman–Crippen LogP) is 3.28. The van der Waals surface area contributed by atoms with E-state index < -0.39 is 0 Å². The van der Waals surface area contributed by atoms with Crippen molar-refractivity contribution in [2.45, 2.75) is 51.1 Å². The molecule has 2 heteroatoms. The van der Waals surface area contributed by atoms with E-state index in [0.29, 0.717) is 6.04 Å². The fraction of sp³-hybridized carbons (Fsp3) is 0.529. The molecule has 1 rings (SSSR count). The van der Waals surface area contributed by atoms with Gasteiger partial charge in [0.2, 0.25) is 0 Å². The largest absolute Gasteiger partial charge is 0.394 e. The van der Waals surface area contributed by atoms with Crippen molar-refractivity contribution < 1.29 is 5.11 Å². The molecular formula is C17H25NO. The molecule has 0 saturated heterocycles. The first-order valence-electron chi connectivity index (χ1n) is 7.13. The molecule has 0 aliphatic carbocycles. The Labute approximate surface area is 117 Å². The van der Waals surface area contributed by atoms with Crippen molar-refractivity contribution in [1.82, 2.24) is 5.32 Å². The molecule has 0 aromatic heterocycles. The van der Waals surface area contributed by atoms with Gasteiger partial charge >= 0.3 is 0 Å². The number of benzene rings is 1. The molecule has 0 saturated carbocycles. The third kappa shape index (κ3) is 6.42. The fourth-order valence-corrected chi connectivity index (χ4v) is 2.22. The van der Waals surface area contributed by atoms with Gasteiger partial charge in [-0.15, -0.1) is 12.3 Å². The molecule has 104 valence electrons. The van der Waals surface area contributed by atoms with Crippen LogP contribution in [0.2, 0.25) is 0 Å². The van der Waals surface area contributed by atoms with E-state index >= 15 is 0 Å². The monoisotopic (exact) mass is 259 g/mol. The summed E-state index contributed by atoms with van der Waals surface area (Å²) in [4.78, 5) is 0. The first kappa shape index (κ1) is 15.8. The van der Waals surface area contributed by atoms with Gasteiger partial charge in [-0.25, -0.2) is 0 Å². The van der Waals surface area contributed by atoms with Gasteiger partial charge in [0.1, 0.15) is 0 Å². The quantitative estimate of drug-likeness (QED) is 0.527. The summed E-state index contributed by atoms with van der Waals surface area (Å²) in [6, 6.07) is 10.5. The Morgan fingerprint density at radius 3 is 2.58 bits per heavy atom. The van der Waals surface area contributed by atoms with Crippen molar-refractivity contribution in [3.63, 3.8) is 0 Å². The van der Waals surface area contributed by atoms with Crippen LogP contribution in [0.15, 0.2) is 30.3 Å². The predicted molar refractivity (Wildman–Crippen MR) is 80.8 cm³/mol. The van der Waals surface area contributed by atoms with Crippen LogP contribution in [0.1, 0.15) is 50.6 Å². The van der Waals surface area contributed by atoms with Gasteiger partial charge in [-0.3, -0.25) is 0 Å². The van der Waals surface area contributed by atoms with Crippen LogP contribution in [0.25, 0.3) is 0 Å². The number of aliphatic hydroxyl groups excluding tert-OH is 1. The van der Waals surface area contributed by atoms with Crippen LogP contribution in [0.5, 0.6) is 0 Å². The third-order valence-electron chi connectivity index (χ3n) is 3.33. The Bertz CT molecular complexity index is 369. The fourth-order valence-electron chi connectivity index (χ4n) is 2.22. The summed E-state index contributed by atoms with van der Waals surface area (Å²) >= 11 is 0. The normalized spacial score (nSPS) is 13.7. The second-order valence-corrected chi connectivity index (χ2v) is 5.02. The van der Waals surface area contributed by atoms with Crippen LogP contribution in [-0.4, -0.2) is 17.8 Å². The lowest BCUT2D eigenvalue weighted by molar-refractivity contribution is 0.232. The molecule has 0 heterocycles. The van der Waals surface area contributed by atoms with Crippen LogP contribution in [-0.2, 0) is 0 Å². The number of hydrogen-bond acceptors (Lipinski definition) is 2. The molecule has 2 N–H and O–H groups in total. The van der Waals surface area contributed by atoms with Crippen LogP contribution < -0.4 is 5.32 Å². The summed E-state index contributed by atoms with van der Waals surface area (Å²) < 4.78 is 0. The molecule has 0 fully saturated rings. The van der Waals surface area contributed by atoms with E-state index in [2.05, 4.69) is 18.2 Å². The molecular weight excluding hydrogens is 234 g/mol. The van der Waals surface area contributed by atoms with Gasteiger partial charge in [-0.05, 0) is 25.3 Å². The van der Waals surface area contributed by atoms with Crippen LogP contribution >= 0.6 is 0 Å². The highest BCUT2D eigenvalue weighted by molar-refractivity contribution is 5.19.